The molecule has 1 aromatic heterocycles. The first-order chi connectivity index (χ1) is 11.0. The summed E-state index contributed by atoms with van der Waals surface area (Å²) in [5.74, 6) is -0.689. The monoisotopic (exact) mass is 316 g/mol. The Balaban J connectivity index is 2.27. The van der Waals surface area contributed by atoms with E-state index in [0.29, 0.717) is 5.56 Å². The van der Waals surface area contributed by atoms with Gasteiger partial charge in [-0.05, 0) is 24.6 Å². The molecule has 0 spiro atoms. The van der Waals surface area contributed by atoms with Crippen LogP contribution in [-0.2, 0) is 23.2 Å². The fourth-order valence-electron chi connectivity index (χ4n) is 2.47. The average molecular weight is 316 g/mol. The number of benzene rings is 1. The van der Waals surface area contributed by atoms with E-state index in [-0.39, 0.29) is 19.1 Å². The van der Waals surface area contributed by atoms with Crippen molar-refractivity contribution < 1.29 is 19.4 Å². The highest BCUT2D eigenvalue weighted by molar-refractivity contribution is 6.08. The van der Waals surface area contributed by atoms with Gasteiger partial charge in [0.05, 0.1) is 19.3 Å². The highest BCUT2D eigenvalue weighted by Crippen LogP contribution is 2.26. The highest BCUT2D eigenvalue weighted by Gasteiger charge is 2.18. The number of hydrogen-bond acceptors (Lipinski definition) is 4. The molecule has 1 aromatic carbocycles. The molecule has 0 saturated carbocycles. The maximum Gasteiger partial charge on any atom is 0.330 e. The van der Waals surface area contributed by atoms with Gasteiger partial charge in [0.15, 0.2) is 0 Å². The number of nitrogens with one attached hydrogen (secondary N) is 1. The minimum atomic E-state index is -0.465. The van der Waals surface area contributed by atoms with Crippen LogP contribution in [0.3, 0.4) is 0 Å². The zero-order valence-corrected chi connectivity index (χ0v) is 13.4. The van der Waals surface area contributed by atoms with Crippen LogP contribution < -0.4 is 5.32 Å². The molecule has 2 rings (SSSR count). The number of fused-ring (bicyclic) bond motifs is 1. The SMILES string of the molecule is COC(=O)/C=C/CNC(=O)c1c(C)n(C)c2ccc(CO)cc12. The molecule has 2 aromatic rings. The van der Waals surface area contributed by atoms with Gasteiger partial charge < -0.3 is 19.7 Å². The van der Waals surface area contributed by atoms with Gasteiger partial charge >= 0.3 is 5.97 Å². The topological polar surface area (TPSA) is 80.6 Å². The predicted octanol–water partition coefficient (Wildman–Crippen LogP) is 1.44. The number of rotatable bonds is 5. The summed E-state index contributed by atoms with van der Waals surface area (Å²) >= 11 is 0. The van der Waals surface area contributed by atoms with Gasteiger partial charge in [-0.1, -0.05) is 12.1 Å². The maximum absolute atomic E-state index is 12.5. The summed E-state index contributed by atoms with van der Waals surface area (Å²) in [6, 6.07) is 5.55. The molecule has 1 amide bonds. The molecule has 0 atom stereocenters. The first kappa shape index (κ1) is 16.8. The van der Waals surface area contributed by atoms with Crippen molar-refractivity contribution >= 4 is 22.8 Å². The van der Waals surface area contributed by atoms with Crippen molar-refractivity contribution in [3.05, 3.63) is 47.2 Å². The molecule has 0 aliphatic rings. The van der Waals surface area contributed by atoms with E-state index in [9.17, 15) is 14.7 Å². The molecule has 6 heteroatoms. The summed E-state index contributed by atoms with van der Waals surface area (Å²) < 4.78 is 6.42. The number of hydrogen-bond donors (Lipinski definition) is 2. The van der Waals surface area contributed by atoms with Crippen LogP contribution in [0.2, 0.25) is 0 Å². The number of esters is 1. The third-order valence-corrected chi connectivity index (χ3v) is 3.80. The second kappa shape index (κ2) is 7.11. The summed E-state index contributed by atoms with van der Waals surface area (Å²) in [6.45, 7) is 2.02. The lowest BCUT2D eigenvalue weighted by molar-refractivity contribution is -0.134. The van der Waals surface area contributed by atoms with Crippen molar-refractivity contribution in [2.24, 2.45) is 7.05 Å². The van der Waals surface area contributed by atoms with Gasteiger partial charge in [-0.2, -0.15) is 0 Å². The molecule has 6 nitrogen and oxygen atoms in total. The Morgan fingerprint density at radius 3 is 2.78 bits per heavy atom. The van der Waals surface area contributed by atoms with Crippen molar-refractivity contribution in [2.45, 2.75) is 13.5 Å². The van der Waals surface area contributed by atoms with E-state index in [4.69, 9.17) is 0 Å². The number of nitrogens with zero attached hydrogens (tertiary/aromatic N) is 1. The van der Waals surface area contributed by atoms with Gasteiger partial charge in [0.1, 0.15) is 0 Å². The van der Waals surface area contributed by atoms with Crippen LogP contribution in [-0.4, -0.2) is 35.2 Å². The molecular weight excluding hydrogens is 296 g/mol. The van der Waals surface area contributed by atoms with Gasteiger partial charge in [-0.25, -0.2) is 4.79 Å². The van der Waals surface area contributed by atoms with E-state index in [1.54, 1.807) is 0 Å². The van der Waals surface area contributed by atoms with Crippen LogP contribution in [0.5, 0.6) is 0 Å². The summed E-state index contributed by atoms with van der Waals surface area (Å²) in [5, 5.41) is 12.8. The molecule has 0 bridgehead atoms. The Bertz CT molecular complexity index is 774. The number of carbonyl (C=O) groups is 2. The summed E-state index contributed by atoms with van der Waals surface area (Å²) in [4.78, 5) is 23.5. The zero-order chi connectivity index (χ0) is 17.0. The lowest BCUT2D eigenvalue weighted by atomic mass is 10.1. The largest absolute Gasteiger partial charge is 0.466 e. The molecule has 0 aliphatic heterocycles. The normalized spacial score (nSPS) is 11.1. The van der Waals surface area contributed by atoms with E-state index < -0.39 is 5.97 Å². The first-order valence-corrected chi connectivity index (χ1v) is 7.21. The number of aliphatic hydroxyl groups is 1. The van der Waals surface area contributed by atoms with Gasteiger partial charge in [0, 0.05) is 36.3 Å². The smallest absolute Gasteiger partial charge is 0.330 e. The van der Waals surface area contributed by atoms with Crippen LogP contribution >= 0.6 is 0 Å². The second-order valence-electron chi connectivity index (χ2n) is 5.16. The Morgan fingerprint density at radius 1 is 1.39 bits per heavy atom. The number of aryl methyl sites for hydroxylation is 1. The van der Waals surface area contributed by atoms with E-state index in [1.807, 2.05) is 36.7 Å². The third-order valence-electron chi connectivity index (χ3n) is 3.80. The molecule has 23 heavy (non-hydrogen) atoms. The van der Waals surface area contributed by atoms with Crippen LogP contribution in [0.15, 0.2) is 30.4 Å². The molecule has 0 saturated heterocycles. The fraction of sp³-hybridized carbons (Fsp3) is 0.294. The zero-order valence-electron chi connectivity index (χ0n) is 13.4. The molecular formula is C17H20N2O4. The Kier molecular flexibility index (Phi) is 5.18. The average Bonchev–Trinajstić information content (AvgIpc) is 2.81. The Morgan fingerprint density at radius 2 is 2.13 bits per heavy atom. The van der Waals surface area contributed by atoms with Crippen LogP contribution in [0.1, 0.15) is 21.6 Å². The minimum absolute atomic E-state index is 0.0766. The minimum Gasteiger partial charge on any atom is -0.466 e. The number of methoxy groups -OCH3 is 1. The predicted molar refractivity (Wildman–Crippen MR) is 87.1 cm³/mol. The molecule has 0 fully saturated rings. The van der Waals surface area contributed by atoms with Crippen molar-refractivity contribution in [3.63, 3.8) is 0 Å². The molecule has 2 N–H and O–H groups in total. The van der Waals surface area contributed by atoms with E-state index in [1.165, 1.54) is 19.3 Å². The first-order valence-electron chi connectivity index (χ1n) is 7.21. The van der Waals surface area contributed by atoms with E-state index in [2.05, 4.69) is 10.1 Å². The molecule has 0 unspecified atom stereocenters. The van der Waals surface area contributed by atoms with E-state index >= 15 is 0 Å². The fourth-order valence-corrected chi connectivity index (χ4v) is 2.47. The lowest BCUT2D eigenvalue weighted by Crippen LogP contribution is -2.24. The van der Waals surface area contributed by atoms with E-state index in [0.717, 1.165) is 22.2 Å². The van der Waals surface area contributed by atoms with Gasteiger partial charge in [0.25, 0.3) is 5.91 Å². The quantitative estimate of drug-likeness (QED) is 0.646. The Hall–Kier alpha value is -2.60. The van der Waals surface area contributed by atoms with Crippen LogP contribution in [0.25, 0.3) is 10.9 Å². The Labute approximate surface area is 134 Å². The van der Waals surface area contributed by atoms with Crippen LogP contribution in [0, 0.1) is 6.92 Å². The standard InChI is InChI=1S/C17H20N2O4/c1-11-16(17(22)18-8-4-5-15(21)23-3)13-9-12(10-20)6-7-14(13)19(11)2/h4-7,9,20H,8,10H2,1-3H3,(H,18,22)/b5-4+. The van der Waals surface area contributed by atoms with Crippen molar-refractivity contribution in [3.8, 4) is 0 Å². The molecule has 0 radical (unpaired) electrons. The second-order valence-corrected chi connectivity index (χ2v) is 5.16. The van der Waals surface area contributed by atoms with Crippen molar-refractivity contribution in [1.82, 2.24) is 9.88 Å². The van der Waals surface area contributed by atoms with Gasteiger partial charge in [-0.3, -0.25) is 4.79 Å². The molecule has 1 heterocycles. The van der Waals surface area contributed by atoms with Gasteiger partial charge in [-0.15, -0.1) is 0 Å². The van der Waals surface area contributed by atoms with Gasteiger partial charge in [0.2, 0.25) is 0 Å². The summed E-state index contributed by atoms with van der Waals surface area (Å²) in [5.41, 5.74) is 3.09. The molecule has 0 aliphatic carbocycles. The van der Waals surface area contributed by atoms with Crippen molar-refractivity contribution in [2.75, 3.05) is 13.7 Å². The number of amides is 1. The summed E-state index contributed by atoms with van der Waals surface area (Å²) in [7, 11) is 3.19. The third kappa shape index (κ3) is 3.43. The molecule has 122 valence electrons. The van der Waals surface area contributed by atoms with Crippen LogP contribution in [0.4, 0.5) is 0 Å². The highest BCUT2D eigenvalue weighted by atomic mass is 16.5. The maximum atomic E-state index is 12.5. The number of aromatic nitrogens is 1. The lowest BCUT2D eigenvalue weighted by Gasteiger charge is -2.03. The van der Waals surface area contributed by atoms with Crippen molar-refractivity contribution in [1.29, 1.82) is 0 Å². The number of ether oxygens (including phenoxy) is 1. The number of aliphatic hydroxyl groups excluding tert-OH is 1. The number of carbonyl (C=O) groups excluding carboxylic acids is 2. The summed E-state index contributed by atoms with van der Waals surface area (Å²) in [6.07, 6.45) is 2.80.